The second-order valence-electron chi connectivity index (χ2n) is 5.95. The van der Waals surface area contributed by atoms with E-state index in [1.165, 1.54) is 51.4 Å². The molecule has 0 aromatic rings. The zero-order chi connectivity index (χ0) is 13.3. The maximum Gasteiger partial charge on any atom is 0.186 e. The quantitative estimate of drug-likeness (QED) is 0.516. The Labute approximate surface area is 114 Å². The van der Waals surface area contributed by atoms with Crippen LogP contribution in [-0.2, 0) is 4.43 Å². The van der Waals surface area contributed by atoms with E-state index in [1.807, 2.05) is 0 Å². The van der Waals surface area contributed by atoms with Gasteiger partial charge in [-0.2, -0.15) is 0 Å². The zero-order valence-electron chi connectivity index (χ0n) is 12.6. The first-order valence-electron chi connectivity index (χ1n) is 7.71. The molecule has 1 heterocycles. The van der Waals surface area contributed by atoms with Gasteiger partial charge in [-0.25, -0.2) is 0 Å². The molecule has 4 heteroatoms. The minimum atomic E-state index is -1.35. The highest BCUT2D eigenvalue weighted by atomic mass is 28.4. The molecule has 0 aromatic carbocycles. The van der Waals surface area contributed by atoms with Crippen LogP contribution in [-0.4, -0.2) is 52.5 Å². The van der Waals surface area contributed by atoms with Crippen LogP contribution in [0.15, 0.2) is 0 Å². The van der Waals surface area contributed by atoms with E-state index in [4.69, 9.17) is 4.43 Å². The fraction of sp³-hybridized carbons (Fsp3) is 1.00. The summed E-state index contributed by atoms with van der Waals surface area (Å²) in [5.41, 5.74) is 0. The third kappa shape index (κ3) is 7.51. The summed E-state index contributed by atoms with van der Waals surface area (Å²) in [6.07, 6.45) is 5.49. The van der Waals surface area contributed by atoms with Gasteiger partial charge in [0.05, 0.1) is 0 Å². The van der Waals surface area contributed by atoms with Crippen LogP contribution in [0.5, 0.6) is 0 Å². The Hall–Kier alpha value is 0.0969. The number of hydrogen-bond acceptors (Lipinski definition) is 3. The van der Waals surface area contributed by atoms with Gasteiger partial charge in [-0.15, -0.1) is 0 Å². The third-order valence-corrected chi connectivity index (χ3v) is 6.35. The number of rotatable bonds is 9. The minimum Gasteiger partial charge on any atom is -0.418 e. The number of nitrogens with zero attached hydrogens (tertiary/aromatic N) is 1. The van der Waals surface area contributed by atoms with E-state index in [9.17, 15) is 0 Å². The maximum atomic E-state index is 5.83. The highest BCUT2D eigenvalue weighted by Gasteiger charge is 2.20. The molecular weight excluding hydrogens is 240 g/mol. The predicted octanol–water partition coefficient (Wildman–Crippen LogP) is 2.69. The molecule has 18 heavy (non-hydrogen) atoms. The normalized spacial score (nSPS) is 18.2. The van der Waals surface area contributed by atoms with Crippen molar-refractivity contribution in [3.05, 3.63) is 0 Å². The summed E-state index contributed by atoms with van der Waals surface area (Å²) in [7, 11) is -1.35. The first-order chi connectivity index (χ1) is 8.64. The monoisotopic (exact) mass is 272 g/mol. The fourth-order valence-corrected chi connectivity index (χ4v) is 4.60. The van der Waals surface area contributed by atoms with E-state index < -0.39 is 8.32 Å². The van der Waals surface area contributed by atoms with Gasteiger partial charge in [0.15, 0.2) is 8.32 Å². The number of nitrogens with one attached hydrogen (secondary N) is 1. The number of hydrogen-bond donors (Lipinski definition) is 1. The first-order valence-corrected chi connectivity index (χ1v) is 10.8. The van der Waals surface area contributed by atoms with Crippen molar-refractivity contribution in [1.29, 1.82) is 0 Å². The first kappa shape index (κ1) is 16.2. The lowest BCUT2D eigenvalue weighted by Gasteiger charge is -2.26. The molecule has 1 rings (SSSR count). The van der Waals surface area contributed by atoms with Crippen LogP contribution in [0.25, 0.3) is 0 Å². The smallest absolute Gasteiger partial charge is 0.186 e. The highest BCUT2D eigenvalue weighted by molar-refractivity contribution is 6.71. The molecule has 1 saturated heterocycles. The summed E-state index contributed by atoms with van der Waals surface area (Å²) in [5.74, 6) is 0. The molecule has 0 atom stereocenters. The maximum absolute atomic E-state index is 5.83. The van der Waals surface area contributed by atoms with Crippen LogP contribution < -0.4 is 5.32 Å². The van der Waals surface area contributed by atoms with Gasteiger partial charge in [0.2, 0.25) is 0 Å². The van der Waals surface area contributed by atoms with E-state index in [1.54, 1.807) is 0 Å². The Bertz CT molecular complexity index is 206. The van der Waals surface area contributed by atoms with Gasteiger partial charge in [0, 0.05) is 19.7 Å². The lowest BCUT2D eigenvalue weighted by Crippen LogP contribution is -2.36. The molecule has 0 amide bonds. The summed E-state index contributed by atoms with van der Waals surface area (Å²) in [6, 6.07) is 1.28. The Morgan fingerprint density at radius 2 is 1.83 bits per heavy atom. The Morgan fingerprint density at radius 3 is 2.50 bits per heavy atom. The standard InChI is InChI=1S/C14H32N2OSi/c1-4-17-18(2,3)14-8-9-15-10-13-16-11-6-5-7-12-16/h15H,4-14H2,1-3H3. The summed E-state index contributed by atoms with van der Waals surface area (Å²) in [6.45, 7) is 13.8. The Kier molecular flexibility index (Phi) is 8.14. The average Bonchev–Trinajstić information content (AvgIpc) is 2.35. The van der Waals surface area contributed by atoms with E-state index in [2.05, 4.69) is 30.2 Å². The number of likely N-dealkylation sites (tertiary alicyclic amines) is 1. The molecule has 0 aromatic heterocycles. The van der Waals surface area contributed by atoms with E-state index in [-0.39, 0.29) is 0 Å². The van der Waals surface area contributed by atoms with Gasteiger partial charge in [0.25, 0.3) is 0 Å². The van der Waals surface area contributed by atoms with E-state index >= 15 is 0 Å². The minimum absolute atomic E-state index is 0.877. The molecule has 1 fully saturated rings. The third-order valence-electron chi connectivity index (χ3n) is 3.72. The average molecular weight is 273 g/mol. The second kappa shape index (κ2) is 9.07. The van der Waals surface area contributed by atoms with Crippen LogP contribution >= 0.6 is 0 Å². The molecule has 0 aliphatic carbocycles. The van der Waals surface area contributed by atoms with Crippen LogP contribution in [0.3, 0.4) is 0 Å². The molecular formula is C14H32N2OSi. The Morgan fingerprint density at radius 1 is 1.11 bits per heavy atom. The van der Waals surface area contributed by atoms with Gasteiger partial charge < -0.3 is 14.6 Å². The molecule has 3 nitrogen and oxygen atoms in total. The number of piperidine rings is 1. The van der Waals surface area contributed by atoms with Crippen LogP contribution in [0.2, 0.25) is 19.1 Å². The van der Waals surface area contributed by atoms with Crippen molar-refractivity contribution in [3.8, 4) is 0 Å². The van der Waals surface area contributed by atoms with Crippen molar-refractivity contribution in [1.82, 2.24) is 10.2 Å². The van der Waals surface area contributed by atoms with Crippen molar-refractivity contribution < 1.29 is 4.43 Å². The SMILES string of the molecule is CCO[Si](C)(C)CCCNCCN1CCCCC1. The van der Waals surface area contributed by atoms with Gasteiger partial charge in [-0.3, -0.25) is 0 Å². The molecule has 108 valence electrons. The van der Waals surface area contributed by atoms with Crippen molar-refractivity contribution >= 4 is 8.32 Å². The van der Waals surface area contributed by atoms with Gasteiger partial charge >= 0.3 is 0 Å². The summed E-state index contributed by atoms with van der Waals surface area (Å²) in [4.78, 5) is 2.59. The van der Waals surface area contributed by atoms with Gasteiger partial charge in [-0.1, -0.05) is 6.42 Å². The topological polar surface area (TPSA) is 24.5 Å². The molecule has 0 unspecified atom stereocenters. The molecule has 1 aliphatic rings. The van der Waals surface area contributed by atoms with Gasteiger partial charge in [-0.05, 0) is 65.0 Å². The fourth-order valence-electron chi connectivity index (χ4n) is 2.65. The van der Waals surface area contributed by atoms with Gasteiger partial charge in [0.1, 0.15) is 0 Å². The molecule has 0 radical (unpaired) electrons. The highest BCUT2D eigenvalue weighted by Crippen LogP contribution is 2.12. The predicted molar refractivity (Wildman–Crippen MR) is 81.7 cm³/mol. The van der Waals surface area contributed by atoms with E-state index in [0.29, 0.717) is 0 Å². The summed E-state index contributed by atoms with van der Waals surface area (Å²) < 4.78 is 5.83. The molecule has 0 saturated carbocycles. The second-order valence-corrected chi connectivity index (χ2v) is 10.3. The van der Waals surface area contributed by atoms with Crippen LogP contribution in [0.4, 0.5) is 0 Å². The van der Waals surface area contributed by atoms with Crippen LogP contribution in [0.1, 0.15) is 32.6 Å². The molecule has 0 spiro atoms. The summed E-state index contributed by atoms with van der Waals surface area (Å²) >= 11 is 0. The molecule has 1 N–H and O–H groups in total. The zero-order valence-corrected chi connectivity index (χ0v) is 13.6. The van der Waals surface area contributed by atoms with Crippen molar-refractivity contribution in [2.24, 2.45) is 0 Å². The van der Waals surface area contributed by atoms with Crippen molar-refractivity contribution in [2.75, 3.05) is 39.3 Å². The molecule has 0 bridgehead atoms. The summed E-state index contributed by atoms with van der Waals surface area (Å²) in [5, 5.41) is 3.57. The van der Waals surface area contributed by atoms with E-state index in [0.717, 1.165) is 19.7 Å². The lowest BCUT2D eigenvalue weighted by molar-refractivity contribution is 0.229. The molecule has 1 aliphatic heterocycles. The Balaban J connectivity index is 1.92. The lowest BCUT2D eigenvalue weighted by atomic mass is 10.1. The van der Waals surface area contributed by atoms with Crippen LogP contribution in [0, 0.1) is 0 Å². The van der Waals surface area contributed by atoms with Crippen molar-refractivity contribution in [3.63, 3.8) is 0 Å². The largest absolute Gasteiger partial charge is 0.418 e. The van der Waals surface area contributed by atoms with Crippen molar-refractivity contribution in [2.45, 2.75) is 51.7 Å².